The van der Waals surface area contributed by atoms with E-state index in [9.17, 15) is 0 Å². The van der Waals surface area contributed by atoms with Crippen molar-refractivity contribution in [1.82, 2.24) is 9.38 Å². The molecule has 0 aliphatic rings. The Balaban J connectivity index is 2.20. The van der Waals surface area contributed by atoms with E-state index in [4.69, 9.17) is 4.74 Å². The summed E-state index contributed by atoms with van der Waals surface area (Å²) in [6.07, 6.45) is 4.04. The molecular formula is C11H13BrN2O. The standard InChI is InChI=1S/C11H13BrN2O/c1-15-7-3-4-9-8-14-10(12)5-2-6-11(14)13-9/h2,5-6,8H,3-4,7H2,1H3. The molecule has 0 radical (unpaired) electrons. The van der Waals surface area contributed by atoms with Crippen molar-refractivity contribution >= 4 is 21.6 Å². The number of imidazole rings is 1. The second-order valence-corrected chi connectivity index (χ2v) is 4.22. The first-order chi connectivity index (χ1) is 7.31. The van der Waals surface area contributed by atoms with E-state index in [2.05, 4.69) is 27.1 Å². The first-order valence-corrected chi connectivity index (χ1v) is 5.72. The number of halogens is 1. The molecule has 2 aromatic heterocycles. The summed E-state index contributed by atoms with van der Waals surface area (Å²) in [5, 5.41) is 0. The quantitative estimate of drug-likeness (QED) is 0.630. The number of aromatic nitrogens is 2. The summed E-state index contributed by atoms with van der Waals surface area (Å²) in [6, 6.07) is 6.00. The van der Waals surface area contributed by atoms with Gasteiger partial charge in [0.05, 0.1) is 10.3 Å². The predicted molar refractivity (Wildman–Crippen MR) is 63.1 cm³/mol. The highest BCUT2D eigenvalue weighted by atomic mass is 79.9. The van der Waals surface area contributed by atoms with Gasteiger partial charge in [-0.2, -0.15) is 0 Å². The maximum absolute atomic E-state index is 5.02. The second kappa shape index (κ2) is 4.77. The SMILES string of the molecule is COCCCc1cn2c(Br)cccc2n1. The van der Waals surface area contributed by atoms with Crippen LogP contribution in [0.1, 0.15) is 12.1 Å². The molecule has 2 heterocycles. The van der Waals surface area contributed by atoms with E-state index in [1.165, 1.54) is 0 Å². The summed E-state index contributed by atoms with van der Waals surface area (Å²) in [7, 11) is 1.72. The molecular weight excluding hydrogens is 256 g/mol. The third-order valence-corrected chi connectivity index (χ3v) is 2.92. The van der Waals surface area contributed by atoms with Gasteiger partial charge < -0.3 is 4.74 Å². The van der Waals surface area contributed by atoms with E-state index in [1.54, 1.807) is 7.11 Å². The molecule has 0 aromatic carbocycles. The number of hydrogen-bond acceptors (Lipinski definition) is 2. The molecule has 2 rings (SSSR count). The zero-order chi connectivity index (χ0) is 10.7. The Morgan fingerprint density at radius 1 is 1.47 bits per heavy atom. The molecule has 0 fully saturated rings. The van der Waals surface area contributed by atoms with Crippen LogP contribution in [0.5, 0.6) is 0 Å². The first-order valence-electron chi connectivity index (χ1n) is 4.92. The summed E-state index contributed by atoms with van der Waals surface area (Å²) < 4.78 is 8.09. The molecule has 4 heteroatoms. The lowest BCUT2D eigenvalue weighted by atomic mass is 10.3. The van der Waals surface area contributed by atoms with Crippen molar-refractivity contribution < 1.29 is 4.74 Å². The van der Waals surface area contributed by atoms with Crippen LogP contribution in [-0.2, 0) is 11.2 Å². The number of pyridine rings is 1. The fraction of sp³-hybridized carbons (Fsp3) is 0.364. The summed E-state index contributed by atoms with van der Waals surface area (Å²) in [5.74, 6) is 0. The average Bonchev–Trinajstić information content (AvgIpc) is 2.63. The fourth-order valence-corrected chi connectivity index (χ4v) is 1.98. The molecule has 3 nitrogen and oxygen atoms in total. The van der Waals surface area contributed by atoms with Crippen LogP contribution < -0.4 is 0 Å². The first kappa shape index (κ1) is 10.6. The number of aryl methyl sites for hydroxylation is 1. The van der Waals surface area contributed by atoms with Gasteiger partial charge >= 0.3 is 0 Å². The third-order valence-electron chi connectivity index (χ3n) is 2.27. The maximum Gasteiger partial charge on any atom is 0.137 e. The minimum atomic E-state index is 0.787. The summed E-state index contributed by atoms with van der Waals surface area (Å²) in [4.78, 5) is 4.52. The van der Waals surface area contributed by atoms with Crippen molar-refractivity contribution in [3.05, 3.63) is 34.7 Å². The number of methoxy groups -OCH3 is 1. The Labute approximate surface area is 97.2 Å². The Kier molecular flexibility index (Phi) is 3.38. The van der Waals surface area contributed by atoms with E-state index in [0.29, 0.717) is 0 Å². The van der Waals surface area contributed by atoms with Crippen molar-refractivity contribution in [2.24, 2.45) is 0 Å². The smallest absolute Gasteiger partial charge is 0.137 e. The number of nitrogens with zero attached hydrogens (tertiary/aromatic N) is 2. The average molecular weight is 269 g/mol. The molecule has 0 saturated heterocycles. The monoisotopic (exact) mass is 268 g/mol. The Morgan fingerprint density at radius 3 is 3.07 bits per heavy atom. The van der Waals surface area contributed by atoms with Crippen molar-refractivity contribution in [2.45, 2.75) is 12.8 Å². The zero-order valence-corrected chi connectivity index (χ0v) is 10.2. The van der Waals surface area contributed by atoms with E-state index in [1.807, 2.05) is 22.6 Å². The lowest BCUT2D eigenvalue weighted by Crippen LogP contribution is -1.92. The summed E-state index contributed by atoms with van der Waals surface area (Å²) in [6.45, 7) is 0.787. The lowest BCUT2D eigenvalue weighted by Gasteiger charge is -1.95. The van der Waals surface area contributed by atoms with Gasteiger partial charge in [0.25, 0.3) is 0 Å². The molecule has 0 bridgehead atoms. The molecule has 2 aromatic rings. The third kappa shape index (κ3) is 2.38. The van der Waals surface area contributed by atoms with Crippen molar-refractivity contribution in [3.8, 4) is 0 Å². The number of fused-ring (bicyclic) bond motifs is 1. The molecule has 0 N–H and O–H groups in total. The van der Waals surface area contributed by atoms with Gasteiger partial charge in [-0.3, -0.25) is 4.40 Å². The van der Waals surface area contributed by atoms with Crippen molar-refractivity contribution in [1.29, 1.82) is 0 Å². The van der Waals surface area contributed by atoms with Gasteiger partial charge in [0, 0.05) is 19.9 Å². The highest BCUT2D eigenvalue weighted by molar-refractivity contribution is 9.10. The Morgan fingerprint density at radius 2 is 2.33 bits per heavy atom. The summed E-state index contributed by atoms with van der Waals surface area (Å²) in [5.41, 5.74) is 2.09. The highest BCUT2D eigenvalue weighted by Crippen LogP contribution is 2.14. The highest BCUT2D eigenvalue weighted by Gasteiger charge is 2.02. The number of ether oxygens (including phenoxy) is 1. The van der Waals surface area contributed by atoms with E-state index in [0.717, 1.165) is 35.4 Å². The van der Waals surface area contributed by atoms with Gasteiger partial charge in [-0.1, -0.05) is 6.07 Å². The van der Waals surface area contributed by atoms with Crippen LogP contribution in [0.25, 0.3) is 5.65 Å². The minimum absolute atomic E-state index is 0.787. The van der Waals surface area contributed by atoms with Crippen LogP contribution in [0.3, 0.4) is 0 Å². The van der Waals surface area contributed by atoms with Gasteiger partial charge in [-0.25, -0.2) is 4.98 Å². The van der Waals surface area contributed by atoms with Gasteiger partial charge in [-0.15, -0.1) is 0 Å². The van der Waals surface area contributed by atoms with Crippen LogP contribution in [0, 0.1) is 0 Å². The topological polar surface area (TPSA) is 26.5 Å². The Hall–Kier alpha value is -0.870. The van der Waals surface area contributed by atoms with E-state index >= 15 is 0 Å². The van der Waals surface area contributed by atoms with Crippen LogP contribution in [0.2, 0.25) is 0 Å². The molecule has 80 valence electrons. The molecule has 15 heavy (non-hydrogen) atoms. The van der Waals surface area contributed by atoms with Gasteiger partial charge in [0.15, 0.2) is 0 Å². The van der Waals surface area contributed by atoms with Gasteiger partial charge in [-0.05, 0) is 40.9 Å². The maximum atomic E-state index is 5.02. The van der Waals surface area contributed by atoms with E-state index < -0.39 is 0 Å². The Bertz CT molecular complexity index is 453. The van der Waals surface area contributed by atoms with Crippen LogP contribution in [-0.4, -0.2) is 23.1 Å². The molecule has 0 amide bonds. The fourth-order valence-electron chi connectivity index (χ4n) is 1.55. The lowest BCUT2D eigenvalue weighted by molar-refractivity contribution is 0.195. The van der Waals surface area contributed by atoms with Gasteiger partial charge in [0.2, 0.25) is 0 Å². The number of rotatable bonds is 4. The molecule has 0 aliphatic heterocycles. The zero-order valence-electron chi connectivity index (χ0n) is 8.61. The van der Waals surface area contributed by atoms with Gasteiger partial charge in [0.1, 0.15) is 5.65 Å². The molecule has 0 spiro atoms. The van der Waals surface area contributed by atoms with Crippen molar-refractivity contribution in [3.63, 3.8) is 0 Å². The van der Waals surface area contributed by atoms with Crippen LogP contribution in [0.4, 0.5) is 0 Å². The molecule has 0 aliphatic carbocycles. The van der Waals surface area contributed by atoms with Crippen molar-refractivity contribution in [2.75, 3.05) is 13.7 Å². The second-order valence-electron chi connectivity index (χ2n) is 3.41. The van der Waals surface area contributed by atoms with Crippen LogP contribution >= 0.6 is 15.9 Å². The van der Waals surface area contributed by atoms with E-state index in [-0.39, 0.29) is 0 Å². The predicted octanol–water partition coefficient (Wildman–Crippen LogP) is 2.68. The molecule has 0 unspecified atom stereocenters. The van der Waals surface area contributed by atoms with Crippen LogP contribution in [0.15, 0.2) is 29.0 Å². The summed E-state index contributed by atoms with van der Waals surface area (Å²) >= 11 is 3.49. The normalized spacial score (nSPS) is 11.1. The molecule has 0 saturated carbocycles. The molecule has 0 atom stereocenters. The number of hydrogen-bond donors (Lipinski definition) is 0. The largest absolute Gasteiger partial charge is 0.385 e. The minimum Gasteiger partial charge on any atom is -0.385 e.